The van der Waals surface area contributed by atoms with Crippen molar-refractivity contribution in [3.05, 3.63) is 41.4 Å². The predicted molar refractivity (Wildman–Crippen MR) is 157 cm³/mol. The molecule has 4 heterocycles. The number of anilines is 1. The smallest absolute Gasteiger partial charge is 0.409 e. The number of amides is 3. The quantitative estimate of drug-likeness (QED) is 0.249. The third-order valence-corrected chi connectivity index (χ3v) is 7.67. The number of fused-ring (bicyclic) bond motifs is 1. The molecular weight excluding hydrogens is 598 g/mol. The minimum Gasteiger partial charge on any atom is -0.483 e. The number of imidazole rings is 1. The van der Waals surface area contributed by atoms with Gasteiger partial charge in [-0.05, 0) is 25.1 Å². The van der Waals surface area contributed by atoms with Crippen LogP contribution in [0.25, 0.3) is 11.2 Å². The van der Waals surface area contributed by atoms with Crippen molar-refractivity contribution in [1.29, 1.82) is 0 Å². The number of nitrogens with two attached hydrogens (primary N) is 1. The van der Waals surface area contributed by atoms with Crippen molar-refractivity contribution in [2.45, 2.75) is 37.9 Å². The molecule has 16 nitrogen and oxygen atoms in total. The van der Waals surface area contributed by atoms with Crippen molar-refractivity contribution in [3.8, 4) is 5.75 Å². The molecule has 3 amide bonds. The van der Waals surface area contributed by atoms with Crippen LogP contribution in [-0.2, 0) is 25.6 Å². The minimum absolute atomic E-state index is 0.195. The zero-order valence-electron chi connectivity index (χ0n) is 24.2. The highest BCUT2D eigenvalue weighted by Crippen LogP contribution is 2.32. The number of hydrogen-bond acceptors (Lipinski definition) is 12. The van der Waals surface area contributed by atoms with Gasteiger partial charge in [-0.15, -0.1) is 0 Å². The Balaban J connectivity index is 1.24. The molecule has 2 saturated heterocycles. The van der Waals surface area contributed by atoms with E-state index in [0.29, 0.717) is 66.1 Å². The Bertz CT molecular complexity index is 1510. The minimum atomic E-state index is -1.18. The summed E-state index contributed by atoms with van der Waals surface area (Å²) in [6.45, 7) is 3.60. The van der Waals surface area contributed by atoms with E-state index in [1.54, 1.807) is 34.9 Å². The van der Waals surface area contributed by atoms with Gasteiger partial charge in [0, 0.05) is 50.4 Å². The number of nitrogens with one attached hydrogen (secondary N) is 2. The maximum atomic E-state index is 12.8. The maximum absolute atomic E-state index is 12.8. The van der Waals surface area contributed by atoms with Crippen LogP contribution in [0.2, 0.25) is 5.02 Å². The van der Waals surface area contributed by atoms with Gasteiger partial charge in [0.05, 0.1) is 19.0 Å². The van der Waals surface area contributed by atoms with E-state index in [1.165, 1.54) is 24.3 Å². The Hall–Kier alpha value is -4.25. The molecule has 0 saturated carbocycles. The molecule has 0 bridgehead atoms. The van der Waals surface area contributed by atoms with Crippen LogP contribution >= 0.6 is 11.6 Å². The molecule has 2 fully saturated rings. The summed E-state index contributed by atoms with van der Waals surface area (Å²) in [5.41, 5.74) is 7.45. The second-order valence-corrected chi connectivity index (χ2v) is 10.6. The normalized spacial score (nSPS) is 21.8. The summed E-state index contributed by atoms with van der Waals surface area (Å²) in [5.74, 6) is 0.182. The van der Waals surface area contributed by atoms with E-state index in [9.17, 15) is 19.5 Å². The van der Waals surface area contributed by atoms with Gasteiger partial charge in [-0.2, -0.15) is 0 Å². The number of ether oxygens (including phenoxy) is 3. The Morgan fingerprint density at radius 1 is 1.16 bits per heavy atom. The number of hydrogen-bond donors (Lipinski definition) is 4. The van der Waals surface area contributed by atoms with Gasteiger partial charge in [0.15, 0.2) is 35.9 Å². The molecule has 0 aliphatic carbocycles. The summed E-state index contributed by atoms with van der Waals surface area (Å²) in [6, 6.07) is 4.11. The zero-order chi connectivity index (χ0) is 31.4. The van der Waals surface area contributed by atoms with Crippen LogP contribution < -0.4 is 21.1 Å². The first kappa shape index (κ1) is 31.2. The van der Waals surface area contributed by atoms with Crippen LogP contribution in [0.5, 0.6) is 5.75 Å². The lowest BCUT2D eigenvalue weighted by molar-refractivity contribution is -0.135. The molecule has 3 aromatic rings. The summed E-state index contributed by atoms with van der Waals surface area (Å²) in [5, 5.41) is 16.9. The second kappa shape index (κ2) is 13.6. The van der Waals surface area contributed by atoms with Crippen molar-refractivity contribution in [3.63, 3.8) is 0 Å². The molecule has 0 spiro atoms. The van der Waals surface area contributed by atoms with Gasteiger partial charge >= 0.3 is 6.09 Å². The standard InChI is InChI=1S/C27H34ClN9O7/c1-3-42-27(41)36-8-6-35(7-9-36)18(38)12-43-17-5-4-16(28)10-15(17)11-31-23-20-24(33-13-32-23)37(14-34-20)26-21(39)19(29)22(44-26)25(40)30-2/h4-5,10,13-14,19,21-22,26,39H,3,6-9,11-12,29H2,1-2H3,(H,30,40)(H,31,32,33). The first-order chi connectivity index (χ1) is 21.2. The van der Waals surface area contributed by atoms with Gasteiger partial charge in [-0.1, -0.05) is 11.6 Å². The Labute approximate surface area is 257 Å². The largest absolute Gasteiger partial charge is 0.483 e. The molecule has 5 N–H and O–H groups in total. The Kier molecular flexibility index (Phi) is 9.63. The van der Waals surface area contributed by atoms with E-state index < -0.39 is 30.4 Å². The van der Waals surface area contributed by atoms with E-state index in [4.69, 9.17) is 31.5 Å². The number of halogens is 1. The number of aliphatic hydroxyl groups excluding tert-OH is 1. The van der Waals surface area contributed by atoms with E-state index in [-0.39, 0.29) is 25.2 Å². The topological polar surface area (TPSA) is 199 Å². The van der Waals surface area contributed by atoms with Crippen molar-refractivity contribution < 1.29 is 33.7 Å². The van der Waals surface area contributed by atoms with E-state index in [1.807, 2.05) is 0 Å². The lowest BCUT2D eigenvalue weighted by Crippen LogP contribution is -2.51. The highest BCUT2D eigenvalue weighted by molar-refractivity contribution is 6.30. The van der Waals surface area contributed by atoms with Gasteiger partial charge in [-0.3, -0.25) is 14.2 Å². The first-order valence-electron chi connectivity index (χ1n) is 14.0. The van der Waals surface area contributed by atoms with Gasteiger partial charge in [0.1, 0.15) is 18.2 Å². The second-order valence-electron chi connectivity index (χ2n) is 10.1. The molecule has 2 aliphatic heterocycles. The molecule has 17 heteroatoms. The van der Waals surface area contributed by atoms with Crippen molar-refractivity contribution in [2.24, 2.45) is 5.73 Å². The number of carbonyl (C=O) groups is 3. The molecule has 2 aliphatic rings. The summed E-state index contributed by atoms with van der Waals surface area (Å²) >= 11 is 6.27. The van der Waals surface area contributed by atoms with Crippen LogP contribution in [-0.4, -0.2) is 117 Å². The fourth-order valence-electron chi connectivity index (χ4n) is 5.06. The molecule has 2 aromatic heterocycles. The number of aliphatic hydroxyl groups is 1. The molecule has 0 radical (unpaired) electrons. The molecule has 44 heavy (non-hydrogen) atoms. The maximum Gasteiger partial charge on any atom is 0.409 e. The summed E-state index contributed by atoms with van der Waals surface area (Å²) in [4.78, 5) is 53.2. The SMILES string of the molecule is CCOC(=O)N1CCN(C(=O)COc2ccc(Cl)cc2CNc2ncnc3c2ncn3C2OC(C(=O)NC)C(N)C2O)CC1. The summed E-state index contributed by atoms with van der Waals surface area (Å²) in [7, 11) is 1.46. The Morgan fingerprint density at radius 3 is 2.64 bits per heavy atom. The number of rotatable bonds is 9. The fraction of sp³-hybridized carbons (Fsp3) is 0.481. The van der Waals surface area contributed by atoms with Gasteiger partial charge < -0.3 is 45.5 Å². The number of likely N-dealkylation sites (N-methyl/N-ethyl adjacent to an activating group) is 1. The van der Waals surface area contributed by atoms with Gasteiger partial charge in [0.2, 0.25) is 0 Å². The predicted octanol–water partition coefficient (Wildman–Crippen LogP) is 0.103. The number of benzene rings is 1. The molecule has 1 aromatic carbocycles. The number of piperazine rings is 1. The van der Waals surface area contributed by atoms with Crippen molar-refractivity contribution in [1.82, 2.24) is 34.6 Å². The average molecular weight is 632 g/mol. The van der Waals surface area contributed by atoms with Crippen LogP contribution in [0.3, 0.4) is 0 Å². The highest BCUT2D eigenvalue weighted by Gasteiger charge is 2.46. The van der Waals surface area contributed by atoms with E-state index in [2.05, 4.69) is 25.6 Å². The van der Waals surface area contributed by atoms with Crippen LogP contribution in [0, 0.1) is 0 Å². The summed E-state index contributed by atoms with van der Waals surface area (Å²) < 4.78 is 18.2. The van der Waals surface area contributed by atoms with Crippen LogP contribution in [0.1, 0.15) is 18.7 Å². The molecule has 4 unspecified atom stereocenters. The van der Waals surface area contributed by atoms with Crippen molar-refractivity contribution in [2.75, 3.05) is 51.8 Å². The lowest BCUT2D eigenvalue weighted by atomic mass is 10.1. The van der Waals surface area contributed by atoms with Gasteiger partial charge in [-0.25, -0.2) is 19.7 Å². The Morgan fingerprint density at radius 2 is 1.91 bits per heavy atom. The van der Waals surface area contributed by atoms with E-state index in [0.717, 1.165) is 0 Å². The zero-order valence-corrected chi connectivity index (χ0v) is 24.9. The van der Waals surface area contributed by atoms with Crippen LogP contribution in [0.15, 0.2) is 30.9 Å². The number of carbonyl (C=O) groups excluding carboxylic acids is 3. The molecule has 5 rings (SSSR count). The molecule has 4 atom stereocenters. The van der Waals surface area contributed by atoms with Gasteiger partial charge in [0.25, 0.3) is 11.8 Å². The van der Waals surface area contributed by atoms with Crippen molar-refractivity contribution >= 4 is 46.5 Å². The van der Waals surface area contributed by atoms with Crippen LogP contribution in [0.4, 0.5) is 10.6 Å². The molecule has 236 valence electrons. The van der Waals surface area contributed by atoms with E-state index >= 15 is 0 Å². The lowest BCUT2D eigenvalue weighted by Gasteiger charge is -2.34. The molecular formula is C27H34ClN9O7. The fourth-order valence-corrected chi connectivity index (χ4v) is 5.25. The summed E-state index contributed by atoms with van der Waals surface area (Å²) in [6.07, 6.45) is -0.834. The first-order valence-corrected chi connectivity index (χ1v) is 14.4. The monoisotopic (exact) mass is 631 g/mol. The third kappa shape index (κ3) is 6.47. The number of nitrogens with zero attached hydrogens (tertiary/aromatic N) is 6. The number of aromatic nitrogens is 4. The average Bonchev–Trinajstić information content (AvgIpc) is 3.59. The third-order valence-electron chi connectivity index (χ3n) is 7.44. The highest BCUT2D eigenvalue weighted by atomic mass is 35.5.